The Labute approximate surface area is 173 Å². The first-order valence-corrected chi connectivity index (χ1v) is 9.75. The number of likely N-dealkylation sites (tertiary alicyclic amines) is 1. The predicted molar refractivity (Wildman–Crippen MR) is 106 cm³/mol. The second-order valence-corrected chi connectivity index (χ2v) is 7.76. The number of nitrogens with one attached hydrogen (secondary N) is 1. The number of carbonyl (C=O) groups is 2. The molecule has 8 nitrogen and oxygen atoms in total. The molecule has 1 N–H and O–H groups in total. The summed E-state index contributed by atoms with van der Waals surface area (Å²) in [7, 11) is 3.09. The zero-order chi connectivity index (χ0) is 20.9. The Hall–Kier alpha value is -3.26. The molecule has 2 amide bonds. The molecule has 0 aliphatic carbocycles. The van der Waals surface area contributed by atoms with Gasteiger partial charge in [-0.1, -0.05) is 12.2 Å². The van der Waals surface area contributed by atoms with Crippen molar-refractivity contribution < 1.29 is 28.2 Å². The van der Waals surface area contributed by atoms with Crippen LogP contribution in [0.15, 0.2) is 53.2 Å². The fourth-order valence-corrected chi connectivity index (χ4v) is 4.71. The smallest absolute Gasteiger partial charge is 0.231 e. The highest BCUT2D eigenvalue weighted by molar-refractivity contribution is 5.99. The van der Waals surface area contributed by atoms with Crippen molar-refractivity contribution in [3.05, 3.63) is 54.5 Å². The standard InChI is InChI=1S/C22H22N2O6/c1-27-15-8-13(9-16(10-15)28-2)23-20(25)18-17-5-6-22(30-17)12-24(21(26)19(18)22)11-14-4-3-7-29-14/h3-10,17-19H,11-12H2,1-2H3,(H,23,25)/t17-,18?,19?,22?/m1/s1. The Bertz CT molecular complexity index is 994. The van der Waals surface area contributed by atoms with Crippen LogP contribution in [-0.2, 0) is 20.9 Å². The van der Waals surface area contributed by atoms with Crippen molar-refractivity contribution in [2.75, 3.05) is 26.1 Å². The molecule has 1 aromatic carbocycles. The molecule has 2 saturated heterocycles. The van der Waals surface area contributed by atoms with Crippen molar-refractivity contribution in [2.24, 2.45) is 11.8 Å². The summed E-state index contributed by atoms with van der Waals surface area (Å²) in [5, 5.41) is 2.91. The van der Waals surface area contributed by atoms with Crippen LogP contribution in [0.4, 0.5) is 5.69 Å². The molecule has 4 heterocycles. The number of nitrogens with zero attached hydrogens (tertiary/aromatic N) is 1. The number of rotatable bonds is 6. The van der Waals surface area contributed by atoms with E-state index >= 15 is 0 Å². The number of ether oxygens (including phenoxy) is 3. The number of methoxy groups -OCH3 is 2. The molecule has 8 heteroatoms. The van der Waals surface area contributed by atoms with Gasteiger partial charge in [0.1, 0.15) is 22.9 Å². The fourth-order valence-electron chi connectivity index (χ4n) is 4.71. The molecular weight excluding hydrogens is 388 g/mol. The topological polar surface area (TPSA) is 90.2 Å². The molecule has 3 unspecified atom stereocenters. The van der Waals surface area contributed by atoms with E-state index in [1.165, 1.54) is 0 Å². The number of benzene rings is 1. The molecular formula is C22H22N2O6. The highest BCUT2D eigenvalue weighted by atomic mass is 16.5. The molecule has 2 aromatic rings. The number of furan rings is 1. The minimum Gasteiger partial charge on any atom is -0.497 e. The Balaban J connectivity index is 1.38. The van der Waals surface area contributed by atoms with E-state index in [2.05, 4.69) is 5.32 Å². The van der Waals surface area contributed by atoms with Gasteiger partial charge in [-0.2, -0.15) is 0 Å². The second kappa shape index (κ2) is 6.91. The van der Waals surface area contributed by atoms with Gasteiger partial charge in [0.2, 0.25) is 11.8 Å². The molecule has 156 valence electrons. The summed E-state index contributed by atoms with van der Waals surface area (Å²) in [6.45, 7) is 0.758. The summed E-state index contributed by atoms with van der Waals surface area (Å²) < 4.78 is 22.1. The maximum Gasteiger partial charge on any atom is 0.231 e. The third-order valence-electron chi connectivity index (χ3n) is 6.03. The average molecular weight is 410 g/mol. The Morgan fingerprint density at radius 1 is 1.27 bits per heavy atom. The van der Waals surface area contributed by atoms with Crippen LogP contribution in [0, 0.1) is 11.8 Å². The summed E-state index contributed by atoms with van der Waals surface area (Å²) in [5.74, 6) is 0.291. The molecule has 1 spiro atoms. The van der Waals surface area contributed by atoms with Gasteiger partial charge in [-0.3, -0.25) is 9.59 Å². The molecule has 5 rings (SSSR count). The molecule has 3 aliphatic heterocycles. The van der Waals surface area contributed by atoms with Crippen molar-refractivity contribution in [3.63, 3.8) is 0 Å². The van der Waals surface area contributed by atoms with Gasteiger partial charge in [-0.25, -0.2) is 0 Å². The van der Waals surface area contributed by atoms with E-state index in [9.17, 15) is 9.59 Å². The van der Waals surface area contributed by atoms with E-state index in [1.807, 2.05) is 18.2 Å². The van der Waals surface area contributed by atoms with E-state index in [0.29, 0.717) is 36.0 Å². The Kier molecular flexibility index (Phi) is 4.32. The van der Waals surface area contributed by atoms with Crippen LogP contribution in [0.3, 0.4) is 0 Å². The van der Waals surface area contributed by atoms with Crippen LogP contribution in [0.5, 0.6) is 11.5 Å². The summed E-state index contributed by atoms with van der Waals surface area (Å²) >= 11 is 0. The summed E-state index contributed by atoms with van der Waals surface area (Å²) in [6, 6.07) is 8.75. The molecule has 30 heavy (non-hydrogen) atoms. The molecule has 2 bridgehead atoms. The fraction of sp³-hybridized carbons (Fsp3) is 0.364. The zero-order valence-electron chi connectivity index (χ0n) is 16.7. The van der Waals surface area contributed by atoms with Crippen molar-refractivity contribution in [1.82, 2.24) is 4.90 Å². The highest BCUT2D eigenvalue weighted by Crippen LogP contribution is 2.52. The van der Waals surface area contributed by atoms with E-state index in [4.69, 9.17) is 18.6 Å². The normalized spacial score (nSPS) is 28.7. The zero-order valence-corrected chi connectivity index (χ0v) is 16.7. The van der Waals surface area contributed by atoms with Crippen LogP contribution in [0.2, 0.25) is 0 Å². The number of fused-ring (bicyclic) bond motifs is 1. The van der Waals surface area contributed by atoms with E-state index in [1.54, 1.807) is 49.6 Å². The van der Waals surface area contributed by atoms with Gasteiger partial charge >= 0.3 is 0 Å². The first-order valence-electron chi connectivity index (χ1n) is 9.75. The van der Waals surface area contributed by atoms with Gasteiger partial charge in [0, 0.05) is 23.9 Å². The number of carbonyl (C=O) groups excluding carboxylic acids is 2. The second-order valence-electron chi connectivity index (χ2n) is 7.76. The summed E-state index contributed by atoms with van der Waals surface area (Å²) in [5.41, 5.74) is -0.225. The van der Waals surface area contributed by atoms with Gasteiger partial charge in [-0.15, -0.1) is 0 Å². The lowest BCUT2D eigenvalue weighted by Gasteiger charge is -2.23. The molecule has 3 aliphatic rings. The van der Waals surface area contributed by atoms with Gasteiger partial charge in [0.05, 0.1) is 51.5 Å². The first kappa shape index (κ1) is 18.7. The number of anilines is 1. The van der Waals surface area contributed by atoms with Crippen molar-refractivity contribution in [1.29, 1.82) is 0 Å². The van der Waals surface area contributed by atoms with Crippen LogP contribution in [-0.4, -0.2) is 49.2 Å². The van der Waals surface area contributed by atoms with Gasteiger partial charge in [-0.05, 0) is 12.1 Å². The average Bonchev–Trinajstić information content (AvgIpc) is 3.51. The predicted octanol–water partition coefficient (Wildman–Crippen LogP) is 2.22. The number of amides is 2. The lowest BCUT2D eigenvalue weighted by atomic mass is 9.77. The largest absolute Gasteiger partial charge is 0.497 e. The van der Waals surface area contributed by atoms with Gasteiger partial charge in [0.15, 0.2) is 0 Å². The summed E-state index contributed by atoms with van der Waals surface area (Å²) in [6.07, 6.45) is 4.98. The lowest BCUT2D eigenvalue weighted by molar-refractivity contribution is -0.136. The third kappa shape index (κ3) is 2.87. The maximum absolute atomic E-state index is 13.2. The highest BCUT2D eigenvalue weighted by Gasteiger charge is 2.66. The molecule has 0 saturated carbocycles. The SMILES string of the molecule is COc1cc(NC(=O)C2C3C(=O)N(Cc4ccco4)CC34C=C[C@H]2O4)cc(OC)c1. The van der Waals surface area contributed by atoms with E-state index in [0.717, 1.165) is 0 Å². The Morgan fingerprint density at radius 3 is 2.70 bits per heavy atom. The monoisotopic (exact) mass is 410 g/mol. The molecule has 0 radical (unpaired) electrons. The van der Waals surface area contributed by atoms with Crippen molar-refractivity contribution in [2.45, 2.75) is 18.2 Å². The molecule has 2 fully saturated rings. The van der Waals surface area contributed by atoms with E-state index < -0.39 is 23.5 Å². The number of hydrogen-bond donors (Lipinski definition) is 1. The van der Waals surface area contributed by atoms with Crippen LogP contribution in [0.25, 0.3) is 0 Å². The molecule has 4 atom stereocenters. The van der Waals surface area contributed by atoms with Crippen molar-refractivity contribution in [3.8, 4) is 11.5 Å². The van der Waals surface area contributed by atoms with Crippen LogP contribution >= 0.6 is 0 Å². The number of hydrogen-bond acceptors (Lipinski definition) is 6. The minimum atomic E-state index is -0.761. The third-order valence-corrected chi connectivity index (χ3v) is 6.03. The van der Waals surface area contributed by atoms with E-state index in [-0.39, 0.29) is 11.8 Å². The van der Waals surface area contributed by atoms with Crippen LogP contribution < -0.4 is 14.8 Å². The van der Waals surface area contributed by atoms with Gasteiger partial charge < -0.3 is 28.8 Å². The first-order chi connectivity index (χ1) is 14.5. The lowest BCUT2D eigenvalue weighted by Crippen LogP contribution is -2.41. The summed E-state index contributed by atoms with van der Waals surface area (Å²) in [4.78, 5) is 28.1. The quantitative estimate of drug-likeness (QED) is 0.735. The van der Waals surface area contributed by atoms with Crippen molar-refractivity contribution >= 4 is 17.5 Å². The van der Waals surface area contributed by atoms with Gasteiger partial charge in [0.25, 0.3) is 0 Å². The Morgan fingerprint density at radius 2 is 2.03 bits per heavy atom. The maximum atomic E-state index is 13.2. The molecule has 1 aromatic heterocycles. The van der Waals surface area contributed by atoms with Crippen LogP contribution in [0.1, 0.15) is 5.76 Å². The minimum absolute atomic E-state index is 0.0957.